The number of carbonyl (C=O) groups excluding carboxylic acids is 1. The van der Waals surface area contributed by atoms with Gasteiger partial charge in [-0.15, -0.1) is 0 Å². The Balaban J connectivity index is 4.76. The van der Waals surface area contributed by atoms with Gasteiger partial charge in [0.25, 0.3) is 0 Å². The first kappa shape index (κ1) is 18.8. The lowest BCUT2D eigenvalue weighted by Gasteiger charge is -2.33. The molecule has 0 heterocycles. The number of allylic oxidation sites excluding steroid dienone is 1. The second-order valence-electron chi connectivity index (χ2n) is 6.31. The Morgan fingerprint density at radius 2 is 1.80 bits per heavy atom. The number of hydrogen-bond acceptors (Lipinski definition) is 3. The van der Waals surface area contributed by atoms with Gasteiger partial charge in [0.1, 0.15) is 6.54 Å². The highest BCUT2D eigenvalue weighted by Crippen LogP contribution is 2.17. The van der Waals surface area contributed by atoms with Gasteiger partial charge in [-0.1, -0.05) is 25.8 Å². The molecule has 0 bridgehead atoms. The Labute approximate surface area is 121 Å². The van der Waals surface area contributed by atoms with Gasteiger partial charge in [0, 0.05) is 0 Å². The van der Waals surface area contributed by atoms with Gasteiger partial charge in [-0.2, -0.15) is 0 Å². The number of nitrogens with zero attached hydrogens (tertiary/aromatic N) is 1. The largest absolute Gasteiger partial charge is 0.481 e. The van der Waals surface area contributed by atoms with E-state index < -0.39 is 23.8 Å². The molecule has 0 aliphatic rings. The first-order valence-corrected chi connectivity index (χ1v) is 7.06. The molecule has 0 saturated carbocycles. The van der Waals surface area contributed by atoms with Crippen molar-refractivity contribution < 1.29 is 24.3 Å². The fourth-order valence-corrected chi connectivity index (χ4v) is 2.11. The minimum Gasteiger partial charge on any atom is -0.481 e. The number of likely N-dealkylation sites (N-methyl/N-ethyl adjacent to an activating group) is 1. The number of aliphatic carboxylic acids is 1. The molecule has 5 nitrogen and oxygen atoms in total. The van der Waals surface area contributed by atoms with Crippen LogP contribution in [0.25, 0.3) is 0 Å². The molecule has 0 amide bonds. The fourth-order valence-electron chi connectivity index (χ4n) is 2.11. The minimum atomic E-state index is -1.84. The maximum Gasteiger partial charge on any atom is 0.307 e. The lowest BCUT2D eigenvalue weighted by molar-refractivity contribution is -0.875. The van der Waals surface area contributed by atoms with E-state index >= 15 is 0 Å². The predicted octanol–water partition coefficient (Wildman–Crippen LogP) is 1.60. The Bertz CT molecular complexity index is 357. The molecule has 20 heavy (non-hydrogen) atoms. The van der Waals surface area contributed by atoms with Gasteiger partial charge in [0.15, 0.2) is 11.4 Å². The summed E-state index contributed by atoms with van der Waals surface area (Å²) in [6.45, 7) is 2.17. The second kappa shape index (κ2) is 8.17. The van der Waals surface area contributed by atoms with Crippen molar-refractivity contribution in [2.45, 2.75) is 44.6 Å². The monoisotopic (exact) mass is 286 g/mol. The van der Waals surface area contributed by atoms with Crippen LogP contribution in [-0.4, -0.2) is 59.7 Å². The summed E-state index contributed by atoms with van der Waals surface area (Å²) in [7, 11) is 5.43. The van der Waals surface area contributed by atoms with E-state index in [-0.39, 0.29) is 6.54 Å². The third-order valence-electron chi connectivity index (χ3n) is 2.88. The van der Waals surface area contributed by atoms with Gasteiger partial charge >= 0.3 is 5.97 Å². The van der Waals surface area contributed by atoms with Crippen molar-refractivity contribution in [2.24, 2.45) is 0 Å². The molecule has 0 fully saturated rings. The van der Waals surface area contributed by atoms with E-state index in [2.05, 4.69) is 6.92 Å². The molecular formula is C15H28NO4+. The number of quaternary nitrogens is 1. The highest BCUT2D eigenvalue weighted by Gasteiger charge is 2.41. The van der Waals surface area contributed by atoms with Gasteiger partial charge in [0.05, 0.1) is 27.6 Å². The van der Waals surface area contributed by atoms with E-state index in [4.69, 9.17) is 5.11 Å². The number of unbranched alkanes of at least 4 members (excludes halogenated alkanes) is 3. The average molecular weight is 286 g/mol. The molecule has 0 aromatic heterocycles. The van der Waals surface area contributed by atoms with Crippen LogP contribution in [0.2, 0.25) is 0 Å². The molecule has 0 radical (unpaired) electrons. The SMILES string of the molecule is CCCCCC=CC(=O)C(O)(CC(=O)O)C[N+](C)(C)C. The molecule has 5 heteroatoms. The van der Waals surface area contributed by atoms with Crippen LogP contribution in [0.3, 0.4) is 0 Å². The zero-order chi connectivity index (χ0) is 15.8. The summed E-state index contributed by atoms with van der Waals surface area (Å²) < 4.78 is 0.319. The Hall–Kier alpha value is -1.20. The molecule has 0 spiro atoms. The zero-order valence-corrected chi connectivity index (χ0v) is 13.1. The summed E-state index contributed by atoms with van der Waals surface area (Å²) >= 11 is 0. The number of carboxylic acid groups (broad SMARTS) is 1. The van der Waals surface area contributed by atoms with Gasteiger partial charge in [-0.25, -0.2) is 0 Å². The third-order valence-corrected chi connectivity index (χ3v) is 2.88. The maximum atomic E-state index is 12.1. The number of ketones is 1. The van der Waals surface area contributed by atoms with Gasteiger partial charge < -0.3 is 14.7 Å². The first-order chi connectivity index (χ1) is 9.10. The quantitative estimate of drug-likeness (QED) is 0.363. The molecule has 1 atom stereocenters. The standard InChI is InChI=1S/C15H27NO4/c1-5-6-7-8-9-10-13(17)15(20,11-14(18)19)12-16(2,3)4/h9-10,20H,5-8,11-12H2,1-4H3/p+1. The van der Waals surface area contributed by atoms with E-state index in [0.29, 0.717) is 4.48 Å². The number of carbonyl (C=O) groups is 2. The predicted molar refractivity (Wildman–Crippen MR) is 78.4 cm³/mol. The van der Waals surface area contributed by atoms with Crippen LogP contribution >= 0.6 is 0 Å². The van der Waals surface area contributed by atoms with E-state index in [9.17, 15) is 14.7 Å². The average Bonchev–Trinajstić information content (AvgIpc) is 2.24. The van der Waals surface area contributed by atoms with Crippen LogP contribution in [0.5, 0.6) is 0 Å². The van der Waals surface area contributed by atoms with E-state index in [1.165, 1.54) is 6.08 Å². The topological polar surface area (TPSA) is 74.6 Å². The second-order valence-corrected chi connectivity index (χ2v) is 6.31. The smallest absolute Gasteiger partial charge is 0.307 e. The van der Waals surface area contributed by atoms with Crippen LogP contribution < -0.4 is 0 Å². The molecule has 0 aromatic rings. The van der Waals surface area contributed by atoms with Crippen LogP contribution in [0.15, 0.2) is 12.2 Å². The summed E-state index contributed by atoms with van der Waals surface area (Å²) in [5.41, 5.74) is -1.84. The lowest BCUT2D eigenvalue weighted by Crippen LogP contribution is -2.54. The molecule has 0 rings (SSSR count). The van der Waals surface area contributed by atoms with Crippen molar-refractivity contribution in [3.05, 3.63) is 12.2 Å². The summed E-state index contributed by atoms with van der Waals surface area (Å²) in [4.78, 5) is 23.0. The van der Waals surface area contributed by atoms with E-state index in [1.807, 2.05) is 21.1 Å². The van der Waals surface area contributed by atoms with Crippen LogP contribution in [-0.2, 0) is 9.59 Å². The third kappa shape index (κ3) is 8.07. The number of carboxylic acids is 1. The normalized spacial score (nSPS) is 15.2. The fraction of sp³-hybridized carbons (Fsp3) is 0.733. The van der Waals surface area contributed by atoms with Crippen molar-refractivity contribution in [1.82, 2.24) is 0 Å². The van der Waals surface area contributed by atoms with E-state index in [0.717, 1.165) is 25.7 Å². The number of aliphatic hydroxyl groups is 1. The summed E-state index contributed by atoms with van der Waals surface area (Å²) in [6.07, 6.45) is 6.44. The Kier molecular flexibility index (Phi) is 7.68. The van der Waals surface area contributed by atoms with Crippen LogP contribution in [0.4, 0.5) is 0 Å². The minimum absolute atomic E-state index is 0.0669. The summed E-state index contributed by atoms with van der Waals surface area (Å²) in [5, 5.41) is 19.3. The van der Waals surface area contributed by atoms with Crippen molar-refractivity contribution in [2.75, 3.05) is 27.7 Å². The zero-order valence-electron chi connectivity index (χ0n) is 13.1. The van der Waals surface area contributed by atoms with Crippen molar-refractivity contribution in [3.63, 3.8) is 0 Å². The van der Waals surface area contributed by atoms with Crippen molar-refractivity contribution in [3.8, 4) is 0 Å². The summed E-state index contributed by atoms with van der Waals surface area (Å²) in [5.74, 6) is -1.70. The van der Waals surface area contributed by atoms with Gasteiger partial charge in [0.2, 0.25) is 0 Å². The lowest BCUT2D eigenvalue weighted by atomic mass is 9.92. The highest BCUT2D eigenvalue weighted by atomic mass is 16.4. The van der Waals surface area contributed by atoms with Crippen LogP contribution in [0, 0.1) is 0 Å². The first-order valence-electron chi connectivity index (χ1n) is 7.06. The molecule has 0 aromatic carbocycles. The summed E-state index contributed by atoms with van der Waals surface area (Å²) in [6, 6.07) is 0. The van der Waals surface area contributed by atoms with Gasteiger partial charge in [-0.3, -0.25) is 9.59 Å². The number of hydrogen-bond donors (Lipinski definition) is 2. The maximum absolute atomic E-state index is 12.1. The van der Waals surface area contributed by atoms with Crippen LogP contribution in [0.1, 0.15) is 39.0 Å². The molecule has 0 aliphatic heterocycles. The Morgan fingerprint density at radius 1 is 1.20 bits per heavy atom. The molecule has 2 N–H and O–H groups in total. The molecular weight excluding hydrogens is 258 g/mol. The highest BCUT2D eigenvalue weighted by molar-refractivity contribution is 5.99. The number of rotatable bonds is 10. The molecule has 0 aliphatic carbocycles. The molecule has 0 saturated heterocycles. The van der Waals surface area contributed by atoms with E-state index in [1.54, 1.807) is 6.08 Å². The Morgan fingerprint density at radius 3 is 2.25 bits per heavy atom. The van der Waals surface area contributed by atoms with Crippen molar-refractivity contribution in [1.29, 1.82) is 0 Å². The molecule has 116 valence electrons. The van der Waals surface area contributed by atoms with Crippen molar-refractivity contribution >= 4 is 11.8 Å². The molecule has 1 unspecified atom stereocenters. The van der Waals surface area contributed by atoms with Gasteiger partial charge in [-0.05, 0) is 18.9 Å².